The Balaban J connectivity index is 1.58. The van der Waals surface area contributed by atoms with Gasteiger partial charge in [-0.25, -0.2) is 9.37 Å². The van der Waals surface area contributed by atoms with Gasteiger partial charge >= 0.3 is 0 Å². The minimum atomic E-state index is -2.73. The van der Waals surface area contributed by atoms with Crippen LogP contribution in [-0.2, 0) is 17.6 Å². The van der Waals surface area contributed by atoms with Crippen molar-refractivity contribution in [3.05, 3.63) is 109 Å². The average Bonchev–Trinajstić information content (AvgIpc) is 3.29. The summed E-state index contributed by atoms with van der Waals surface area (Å²) in [6, 6.07) is 27.5. The summed E-state index contributed by atoms with van der Waals surface area (Å²) in [5.74, 6) is 0.347. The Morgan fingerprint density at radius 3 is 2.16 bits per heavy atom. The highest BCUT2D eigenvalue weighted by atomic mass is 28.4. The number of hydrogen-bond donors (Lipinski definition) is 1. The van der Waals surface area contributed by atoms with Gasteiger partial charge in [-0.3, -0.25) is 4.98 Å². The van der Waals surface area contributed by atoms with Crippen molar-refractivity contribution in [3.8, 4) is 11.4 Å². The first kappa shape index (κ1) is 26.0. The molecule has 2 heterocycles. The van der Waals surface area contributed by atoms with Crippen LogP contribution in [0.2, 0.25) is 5.04 Å². The molecular weight excluding hydrogens is 493 g/mol. The number of fused-ring (bicyclic) bond motifs is 1. The quantitative estimate of drug-likeness (QED) is 0.279. The second kappa shape index (κ2) is 10.6. The van der Waals surface area contributed by atoms with E-state index in [1.54, 1.807) is 18.5 Å². The van der Waals surface area contributed by atoms with Crippen LogP contribution in [0.4, 0.5) is 4.39 Å². The zero-order chi connectivity index (χ0) is 26.8. The van der Waals surface area contributed by atoms with Crippen LogP contribution in [0.25, 0.3) is 22.4 Å². The number of aliphatic hydroxyl groups excluding tert-OH is 1. The first-order valence-corrected chi connectivity index (χ1v) is 14.7. The van der Waals surface area contributed by atoms with Crippen molar-refractivity contribution in [1.82, 2.24) is 14.5 Å². The predicted molar refractivity (Wildman–Crippen MR) is 152 cm³/mol. The fourth-order valence-electron chi connectivity index (χ4n) is 5.29. The molecule has 0 bridgehead atoms. The minimum Gasteiger partial charge on any atom is -0.406 e. The highest BCUT2D eigenvalue weighted by molar-refractivity contribution is 6.99. The summed E-state index contributed by atoms with van der Waals surface area (Å²) in [4.78, 5) is 9.09. The maximum Gasteiger partial charge on any atom is 0.261 e. The Kier molecular flexibility index (Phi) is 7.25. The number of hydrogen-bond acceptors (Lipinski definition) is 4. The molecule has 0 aliphatic rings. The van der Waals surface area contributed by atoms with E-state index in [1.807, 2.05) is 22.8 Å². The molecular formula is C31H32FN3O2Si. The van der Waals surface area contributed by atoms with Crippen LogP contribution in [0.15, 0.2) is 97.3 Å². The summed E-state index contributed by atoms with van der Waals surface area (Å²) in [7, 11) is -2.73. The molecule has 3 aromatic carbocycles. The van der Waals surface area contributed by atoms with Gasteiger partial charge in [0.05, 0.1) is 24.2 Å². The molecule has 0 saturated carbocycles. The van der Waals surface area contributed by atoms with Gasteiger partial charge in [0, 0.05) is 24.5 Å². The predicted octanol–water partition coefficient (Wildman–Crippen LogP) is 5.31. The Hall–Kier alpha value is -3.65. The molecule has 0 unspecified atom stereocenters. The number of halogens is 1. The van der Waals surface area contributed by atoms with Gasteiger partial charge in [0.15, 0.2) is 0 Å². The van der Waals surface area contributed by atoms with Crippen molar-refractivity contribution >= 4 is 29.7 Å². The van der Waals surface area contributed by atoms with Crippen LogP contribution in [-0.4, -0.2) is 34.6 Å². The van der Waals surface area contributed by atoms with Crippen LogP contribution in [0.5, 0.6) is 0 Å². The van der Waals surface area contributed by atoms with Crippen LogP contribution in [0, 0.1) is 5.82 Å². The third-order valence-corrected chi connectivity index (χ3v) is 12.0. The Bertz CT molecular complexity index is 1490. The highest BCUT2D eigenvalue weighted by Crippen LogP contribution is 2.37. The molecule has 2 aromatic heterocycles. The maximum atomic E-state index is 14.3. The fourth-order valence-corrected chi connectivity index (χ4v) is 9.84. The summed E-state index contributed by atoms with van der Waals surface area (Å²) in [5.41, 5.74) is 2.84. The first-order valence-electron chi connectivity index (χ1n) is 12.8. The molecule has 5 rings (SSSR count). The largest absolute Gasteiger partial charge is 0.406 e. The van der Waals surface area contributed by atoms with E-state index < -0.39 is 8.32 Å². The van der Waals surface area contributed by atoms with Crippen molar-refractivity contribution in [3.63, 3.8) is 0 Å². The molecule has 0 saturated heterocycles. The monoisotopic (exact) mass is 525 g/mol. The lowest BCUT2D eigenvalue weighted by Gasteiger charge is -2.43. The van der Waals surface area contributed by atoms with Gasteiger partial charge in [-0.15, -0.1) is 0 Å². The van der Waals surface area contributed by atoms with Gasteiger partial charge in [0.1, 0.15) is 11.6 Å². The van der Waals surface area contributed by atoms with Crippen molar-refractivity contribution in [1.29, 1.82) is 0 Å². The number of nitrogens with zero attached hydrogens (tertiary/aromatic N) is 3. The molecule has 0 aliphatic heterocycles. The minimum absolute atomic E-state index is 0.118. The van der Waals surface area contributed by atoms with E-state index in [2.05, 4.69) is 74.3 Å². The van der Waals surface area contributed by atoms with Gasteiger partial charge in [-0.2, -0.15) is 0 Å². The zero-order valence-corrected chi connectivity index (χ0v) is 22.9. The van der Waals surface area contributed by atoms with Crippen LogP contribution in [0.1, 0.15) is 26.3 Å². The number of rotatable bonds is 8. The molecule has 194 valence electrons. The molecule has 0 atom stereocenters. The number of aliphatic hydroxyl groups is 1. The van der Waals surface area contributed by atoms with E-state index >= 15 is 0 Å². The van der Waals surface area contributed by atoms with E-state index in [1.165, 1.54) is 22.5 Å². The lowest BCUT2D eigenvalue weighted by atomic mass is 10.2. The summed E-state index contributed by atoms with van der Waals surface area (Å²) in [6.07, 6.45) is 3.35. The van der Waals surface area contributed by atoms with Crippen LogP contribution in [0.3, 0.4) is 0 Å². The fraction of sp³-hybridized carbons (Fsp3) is 0.226. The maximum absolute atomic E-state index is 14.3. The molecule has 0 spiro atoms. The smallest absolute Gasteiger partial charge is 0.261 e. The van der Waals surface area contributed by atoms with Crippen LogP contribution < -0.4 is 10.4 Å². The summed E-state index contributed by atoms with van der Waals surface area (Å²) >= 11 is 0. The van der Waals surface area contributed by atoms with Gasteiger partial charge in [-0.05, 0) is 45.2 Å². The molecule has 5 nitrogen and oxygen atoms in total. The van der Waals surface area contributed by atoms with E-state index in [-0.39, 0.29) is 17.5 Å². The third kappa shape index (κ3) is 4.80. The lowest BCUT2D eigenvalue weighted by molar-refractivity contribution is 0.281. The summed E-state index contributed by atoms with van der Waals surface area (Å²) < 4.78 is 23.4. The number of pyridine rings is 1. The second-order valence-corrected chi connectivity index (χ2v) is 14.8. The van der Waals surface area contributed by atoms with Gasteiger partial charge in [0.2, 0.25) is 0 Å². The van der Waals surface area contributed by atoms with Gasteiger partial charge in [0.25, 0.3) is 8.32 Å². The highest BCUT2D eigenvalue weighted by Gasteiger charge is 2.50. The summed E-state index contributed by atoms with van der Waals surface area (Å²) in [6.45, 7) is 7.52. The Morgan fingerprint density at radius 2 is 1.55 bits per heavy atom. The van der Waals surface area contributed by atoms with Crippen molar-refractivity contribution < 1.29 is 13.9 Å². The third-order valence-electron chi connectivity index (χ3n) is 7.00. The van der Waals surface area contributed by atoms with E-state index in [4.69, 9.17) is 9.41 Å². The van der Waals surface area contributed by atoms with Crippen molar-refractivity contribution in [2.75, 3.05) is 6.61 Å². The van der Waals surface area contributed by atoms with E-state index in [0.29, 0.717) is 35.6 Å². The van der Waals surface area contributed by atoms with Crippen molar-refractivity contribution in [2.24, 2.45) is 0 Å². The Morgan fingerprint density at radius 1 is 0.895 bits per heavy atom. The zero-order valence-electron chi connectivity index (χ0n) is 21.9. The molecule has 7 heteroatoms. The lowest BCUT2D eigenvalue weighted by Crippen LogP contribution is -2.66. The molecule has 0 amide bonds. The van der Waals surface area contributed by atoms with Crippen LogP contribution >= 0.6 is 0 Å². The number of aromatic nitrogens is 3. The normalized spacial score (nSPS) is 12.2. The molecule has 0 aliphatic carbocycles. The summed E-state index contributed by atoms with van der Waals surface area (Å²) in [5, 5.41) is 11.9. The standard InChI is InChI=1S/C31H32FN3O2Si/c1-31(2,3)38(26-10-6-4-7-11-26,27-12-8-5-9-13-27)37-17-16-35-29-19-25(32)14-15-28(29)34-30(35)24-18-23(22-36)20-33-21-24/h4-15,18-21,36H,16-17,22H2,1-3H3. The molecule has 38 heavy (non-hydrogen) atoms. The molecule has 0 radical (unpaired) electrons. The average molecular weight is 526 g/mol. The Labute approximate surface area is 223 Å². The van der Waals surface area contributed by atoms with E-state index in [9.17, 15) is 9.50 Å². The molecule has 1 N–H and O–H groups in total. The van der Waals surface area contributed by atoms with E-state index in [0.717, 1.165) is 5.56 Å². The number of benzene rings is 3. The van der Waals surface area contributed by atoms with Gasteiger partial charge < -0.3 is 14.1 Å². The van der Waals surface area contributed by atoms with Gasteiger partial charge in [-0.1, -0.05) is 81.4 Å². The second-order valence-electron chi connectivity index (χ2n) is 10.5. The molecule has 0 fully saturated rings. The topological polar surface area (TPSA) is 60.2 Å². The number of imidazole rings is 1. The first-order chi connectivity index (χ1) is 18.3. The molecule has 5 aromatic rings. The SMILES string of the molecule is CC(C)(C)[Si](OCCn1c(-c2cncc(CO)c2)nc2ccc(F)cc21)(c1ccccc1)c1ccccc1. The van der Waals surface area contributed by atoms with Crippen molar-refractivity contribution in [2.45, 2.75) is 39.0 Å².